The van der Waals surface area contributed by atoms with Gasteiger partial charge in [-0.3, -0.25) is 43.2 Å². The zero-order valence-corrected chi connectivity index (χ0v) is 93.6. The summed E-state index contributed by atoms with van der Waals surface area (Å²) in [6.07, 6.45) is 9.84. The summed E-state index contributed by atoms with van der Waals surface area (Å²) in [4.78, 5) is 125. The van der Waals surface area contributed by atoms with Crippen LogP contribution in [0.1, 0.15) is 410 Å². The second-order valence-corrected chi connectivity index (χ2v) is 43.0. The zero-order chi connectivity index (χ0) is 109. The molecule has 147 heavy (non-hydrogen) atoms. The first kappa shape index (κ1) is 122. The SMILES string of the molecule is CC(C)c1cc(F)cc(C(=O)N(C)C)c1.CC(C)c1cc(F)cc(C(=O)N2CCCC2)c1.CC(C)c1cc(F)cc(C(=O)N2CCOCC2)c1.CC(C)c1ccc(F)c(C(=O)N2CCCC2)c1.CC(C)c1cccc(C(=O)N2CCC2)c1.CC(C)c1cccc(C(=O)N2[C@H](C)CC[C@H]2C)c1.Cc1c(C(=O)N(C)C)cccc1C(C)C.Cc1ccc(C(C)C)cc1C(=O)N(C)C.Cc1ccc(C(C)C)cc1C(=O)N1CCCC1. The molecule has 6 fully saturated rings. The number of rotatable bonds is 18. The molecule has 0 radical (unpaired) electrons. The van der Waals surface area contributed by atoms with E-state index in [0.717, 1.165) is 177 Å². The van der Waals surface area contributed by atoms with Crippen LogP contribution < -0.4 is 0 Å². The number of aryl methyl sites for hydroxylation is 2. The lowest BCUT2D eigenvalue weighted by Gasteiger charge is -2.31. The van der Waals surface area contributed by atoms with E-state index in [-0.39, 0.29) is 93.9 Å². The summed E-state index contributed by atoms with van der Waals surface area (Å²) in [7, 11) is 10.4. The Bertz CT molecular complexity index is 5740. The molecule has 0 unspecified atom stereocenters. The molecule has 0 saturated carbocycles. The lowest BCUT2D eigenvalue weighted by Crippen LogP contribution is -2.42. The van der Waals surface area contributed by atoms with E-state index in [1.165, 1.54) is 75.2 Å². The van der Waals surface area contributed by atoms with Crippen molar-refractivity contribution in [2.45, 2.75) is 282 Å². The van der Waals surface area contributed by atoms with Crippen LogP contribution in [0.15, 0.2) is 176 Å². The molecular formula is C124H169F4N9O10. The van der Waals surface area contributed by atoms with Crippen molar-refractivity contribution < 1.29 is 65.4 Å². The minimum atomic E-state index is -0.411. The highest BCUT2D eigenvalue weighted by molar-refractivity contribution is 6.00. The van der Waals surface area contributed by atoms with Crippen molar-refractivity contribution in [1.82, 2.24) is 44.1 Å². The average molecular weight is 2020 g/mol. The highest BCUT2D eigenvalue weighted by Gasteiger charge is 2.34. The molecule has 6 saturated heterocycles. The number of halogens is 4. The topological polar surface area (TPSA) is 192 Å². The molecule has 9 aromatic rings. The molecule has 0 aromatic heterocycles. The molecule has 15 rings (SSSR count). The fraction of sp³-hybridized carbons (Fsp3) is 0.492. The van der Waals surface area contributed by atoms with E-state index in [2.05, 4.69) is 126 Å². The molecule has 0 bridgehead atoms. The molecule has 798 valence electrons. The van der Waals surface area contributed by atoms with Crippen molar-refractivity contribution in [3.05, 3.63) is 316 Å². The van der Waals surface area contributed by atoms with Crippen LogP contribution in [0, 0.1) is 44.0 Å². The number of hydrogen-bond acceptors (Lipinski definition) is 10. The van der Waals surface area contributed by atoms with Crippen molar-refractivity contribution >= 4 is 53.2 Å². The van der Waals surface area contributed by atoms with Crippen molar-refractivity contribution in [1.29, 1.82) is 0 Å². The lowest BCUT2D eigenvalue weighted by atomic mass is 9.94. The lowest BCUT2D eigenvalue weighted by molar-refractivity contribution is 0.0302. The summed E-state index contributed by atoms with van der Waals surface area (Å²) in [5, 5.41) is 0. The Morgan fingerprint density at radius 3 is 0.952 bits per heavy atom. The maximum atomic E-state index is 13.7. The van der Waals surface area contributed by atoms with Gasteiger partial charge in [-0.1, -0.05) is 191 Å². The molecule has 6 heterocycles. The van der Waals surface area contributed by atoms with E-state index in [1.54, 1.807) is 91.1 Å². The molecule has 0 spiro atoms. The number of amides is 9. The maximum absolute atomic E-state index is 13.7. The van der Waals surface area contributed by atoms with Crippen LogP contribution >= 0.6 is 0 Å². The normalized spacial score (nSPS) is 15.1. The van der Waals surface area contributed by atoms with Crippen LogP contribution in [0.3, 0.4) is 0 Å². The smallest absolute Gasteiger partial charge is 0.256 e. The number of nitrogens with zero attached hydrogens (tertiary/aromatic N) is 9. The Morgan fingerprint density at radius 2 is 0.578 bits per heavy atom. The number of morpholine rings is 1. The first-order chi connectivity index (χ1) is 69.3. The van der Waals surface area contributed by atoms with E-state index in [4.69, 9.17) is 4.74 Å². The van der Waals surface area contributed by atoms with E-state index in [1.807, 2.05) is 158 Å². The summed E-state index contributed by atoms with van der Waals surface area (Å²) in [6, 6.07) is 53.7. The van der Waals surface area contributed by atoms with Crippen molar-refractivity contribution in [2.24, 2.45) is 0 Å². The highest BCUT2D eigenvalue weighted by Crippen LogP contribution is 2.32. The largest absolute Gasteiger partial charge is 0.378 e. The Morgan fingerprint density at radius 1 is 0.279 bits per heavy atom. The third-order valence-corrected chi connectivity index (χ3v) is 27.6. The Kier molecular flexibility index (Phi) is 48.6. The number of carbonyl (C=O) groups is 9. The maximum Gasteiger partial charge on any atom is 0.256 e. The second-order valence-electron chi connectivity index (χ2n) is 43.0. The van der Waals surface area contributed by atoms with Crippen molar-refractivity contribution in [3.8, 4) is 0 Å². The van der Waals surface area contributed by atoms with Crippen LogP contribution in [0.2, 0.25) is 0 Å². The Labute approximate surface area is 877 Å². The van der Waals surface area contributed by atoms with Gasteiger partial charge in [0.15, 0.2) is 0 Å². The monoisotopic (exact) mass is 2020 g/mol. The summed E-state index contributed by atoms with van der Waals surface area (Å²) in [6.45, 7) is 56.8. The molecule has 2 atom stereocenters. The van der Waals surface area contributed by atoms with Gasteiger partial charge in [0, 0.05) is 164 Å². The van der Waals surface area contributed by atoms with Crippen LogP contribution in [-0.4, -0.2) is 230 Å². The molecule has 9 amide bonds. The molecular weight excluding hydrogens is 1850 g/mol. The molecule has 19 nitrogen and oxygen atoms in total. The van der Waals surface area contributed by atoms with Gasteiger partial charge in [-0.05, 0) is 322 Å². The van der Waals surface area contributed by atoms with E-state index in [0.29, 0.717) is 90.6 Å². The fourth-order valence-corrected chi connectivity index (χ4v) is 17.7. The zero-order valence-electron chi connectivity index (χ0n) is 93.6. The predicted molar refractivity (Wildman–Crippen MR) is 590 cm³/mol. The number of hydrogen-bond donors (Lipinski definition) is 0. The van der Waals surface area contributed by atoms with Crippen LogP contribution in [0.4, 0.5) is 17.6 Å². The predicted octanol–water partition coefficient (Wildman–Crippen LogP) is 26.9. The van der Waals surface area contributed by atoms with E-state index < -0.39 is 5.82 Å². The standard InChI is InChI=1S/C16H23NO.C15H21NO.C14H18FNO2.2C14H18FNO.C13H17NO.2C13H19NO.C12H16FNO/c1-11(2)14-6-5-7-15(10-14)16(18)17-12(3)8-9-13(17)4;1-11(2)13-7-6-12(3)14(10-13)15(17)16-8-4-5-9-16;1-10(2)11-7-12(9-13(15)8-11)14(17)16-3-5-18-6-4-16;1-10(2)11-5-6-13(15)12(9-11)14(17)16-7-3-4-8-16;1-10(2)11-7-12(9-13(15)8-11)14(17)16-5-3-4-6-16;1-10(2)11-5-3-6-12(9-11)13(15)14-7-4-8-14;1-9(2)11-7-6-10(3)12(8-11)13(15)14(4)5;1-9(2)11-7-6-8-12(10(11)3)13(15)14(4)5;1-8(2)9-5-10(7-11(13)6-9)12(15)14(3)4/h5-7,10-13H,8-9H2,1-4H3;6-7,10-11H,4-5,8-9H2,1-3H3;7-10H,3-6H2,1-2H3;5-6,9-10H,3-4,7-8H2,1-2H3;7-10H,3-6H2,1-2H3;3,5-6,9-10H,4,7-8H2,1-2H3;2*6-9H,1-5H3;5-8H,1-4H3/t12-,13-;;;;;;;;/m1......../s1. The number of ether oxygens (including phenoxy) is 1. The summed E-state index contributed by atoms with van der Waals surface area (Å²) in [5.74, 6) is 2.12. The fourth-order valence-electron chi connectivity index (χ4n) is 17.7. The van der Waals surface area contributed by atoms with Crippen molar-refractivity contribution in [3.63, 3.8) is 0 Å². The number of carbonyl (C=O) groups excluding carboxylic acids is 9. The van der Waals surface area contributed by atoms with E-state index >= 15 is 0 Å². The average Bonchev–Trinajstić information content (AvgIpc) is 1.59. The Balaban J connectivity index is 0.000000224. The summed E-state index contributed by atoms with van der Waals surface area (Å²) < 4.78 is 59.1. The summed E-state index contributed by atoms with van der Waals surface area (Å²) >= 11 is 0. The van der Waals surface area contributed by atoms with Gasteiger partial charge in [-0.15, -0.1) is 0 Å². The molecule has 9 aromatic carbocycles. The van der Waals surface area contributed by atoms with Gasteiger partial charge in [0.25, 0.3) is 53.2 Å². The minimum Gasteiger partial charge on any atom is -0.378 e. The van der Waals surface area contributed by atoms with E-state index in [9.17, 15) is 60.7 Å². The molecule has 0 aliphatic carbocycles. The van der Waals surface area contributed by atoms with Gasteiger partial charge in [0.2, 0.25) is 0 Å². The number of benzene rings is 9. The minimum absolute atomic E-state index is 0.0381. The van der Waals surface area contributed by atoms with Gasteiger partial charge >= 0.3 is 0 Å². The molecule has 0 N–H and O–H groups in total. The van der Waals surface area contributed by atoms with Gasteiger partial charge in [-0.2, -0.15) is 0 Å². The van der Waals surface area contributed by atoms with Crippen molar-refractivity contribution in [2.75, 3.05) is 121 Å². The second kappa shape index (κ2) is 58.6. The molecule has 6 aliphatic rings. The van der Waals surface area contributed by atoms with Gasteiger partial charge in [0.1, 0.15) is 23.3 Å². The van der Waals surface area contributed by atoms with Crippen LogP contribution in [0.25, 0.3) is 0 Å². The van der Waals surface area contributed by atoms with Gasteiger partial charge in [0.05, 0.1) is 18.8 Å². The van der Waals surface area contributed by atoms with Gasteiger partial charge in [-0.25, -0.2) is 17.6 Å². The Hall–Kier alpha value is -12.1. The first-order valence-electron chi connectivity index (χ1n) is 53.1. The third kappa shape index (κ3) is 36.4. The summed E-state index contributed by atoms with van der Waals surface area (Å²) in [5.41, 5.74) is 18.7. The first-order valence-corrected chi connectivity index (χ1v) is 53.1. The van der Waals surface area contributed by atoms with Crippen LogP contribution in [-0.2, 0) is 4.74 Å². The van der Waals surface area contributed by atoms with Gasteiger partial charge < -0.3 is 48.8 Å². The molecule has 6 aliphatic heterocycles. The molecule has 23 heteroatoms. The quantitative estimate of drug-likeness (QED) is 0.0747. The number of likely N-dealkylation sites (tertiary alicyclic amines) is 5. The van der Waals surface area contributed by atoms with Crippen LogP contribution in [0.5, 0.6) is 0 Å². The third-order valence-electron chi connectivity index (χ3n) is 27.6. The highest BCUT2D eigenvalue weighted by atomic mass is 19.1.